The molecule has 0 N–H and O–H groups in total. The van der Waals surface area contributed by atoms with Crippen LogP contribution in [-0.2, 0) is 6.54 Å². The van der Waals surface area contributed by atoms with E-state index >= 15 is 0 Å². The van der Waals surface area contributed by atoms with Gasteiger partial charge in [-0.15, -0.1) is 0 Å². The molecule has 0 unspecified atom stereocenters. The van der Waals surface area contributed by atoms with Gasteiger partial charge in [0.05, 0.1) is 6.54 Å². The van der Waals surface area contributed by atoms with Gasteiger partial charge in [0.15, 0.2) is 0 Å². The number of nitriles is 1. The first-order chi connectivity index (χ1) is 7.79. The van der Waals surface area contributed by atoms with E-state index in [0.29, 0.717) is 12.3 Å². The zero-order chi connectivity index (χ0) is 11.4. The Hall–Kier alpha value is -2.21. The summed E-state index contributed by atoms with van der Waals surface area (Å²) in [6.07, 6.45) is 0. The number of hydrogen-bond donors (Lipinski definition) is 0. The molecule has 80 valence electrons. The highest BCUT2D eigenvalue weighted by molar-refractivity contribution is 5.45. The first-order valence-corrected chi connectivity index (χ1v) is 5.04. The third kappa shape index (κ3) is 2.23. The van der Waals surface area contributed by atoms with Crippen molar-refractivity contribution in [2.75, 3.05) is 11.9 Å². The van der Waals surface area contributed by atoms with Gasteiger partial charge in [-0.25, -0.2) is 0 Å². The van der Waals surface area contributed by atoms with E-state index in [1.807, 2.05) is 49.5 Å². The standard InChI is InChI=1S/C13H12N2O/c1-15(11-5-3-2-4-6-11)10-13-8-7-12(9-14)16-13/h2-8H,10H2,1H3. The minimum absolute atomic E-state index is 0.358. The Morgan fingerprint density at radius 2 is 1.94 bits per heavy atom. The summed E-state index contributed by atoms with van der Waals surface area (Å²) in [5, 5.41) is 8.64. The predicted molar refractivity (Wildman–Crippen MR) is 62.0 cm³/mol. The second-order valence-electron chi connectivity index (χ2n) is 3.57. The molecule has 0 saturated heterocycles. The summed E-state index contributed by atoms with van der Waals surface area (Å²) in [5.41, 5.74) is 1.12. The second kappa shape index (κ2) is 4.54. The molecule has 0 atom stereocenters. The van der Waals surface area contributed by atoms with E-state index in [-0.39, 0.29) is 0 Å². The number of anilines is 1. The quantitative estimate of drug-likeness (QED) is 0.785. The largest absolute Gasteiger partial charge is 0.449 e. The minimum Gasteiger partial charge on any atom is -0.449 e. The molecule has 0 aliphatic heterocycles. The average Bonchev–Trinajstić information content (AvgIpc) is 2.78. The van der Waals surface area contributed by atoms with Crippen LogP contribution in [0.3, 0.4) is 0 Å². The van der Waals surface area contributed by atoms with E-state index in [9.17, 15) is 0 Å². The number of hydrogen-bond acceptors (Lipinski definition) is 3. The van der Waals surface area contributed by atoms with Crippen molar-refractivity contribution in [2.24, 2.45) is 0 Å². The third-order valence-corrected chi connectivity index (χ3v) is 2.36. The normalized spacial score (nSPS) is 9.75. The maximum absolute atomic E-state index is 8.64. The molecule has 1 aromatic heterocycles. The molecule has 2 rings (SSSR count). The number of para-hydroxylation sites is 1. The molecule has 0 radical (unpaired) electrons. The van der Waals surface area contributed by atoms with Crippen LogP contribution in [-0.4, -0.2) is 7.05 Å². The van der Waals surface area contributed by atoms with E-state index in [1.54, 1.807) is 6.07 Å². The minimum atomic E-state index is 0.358. The van der Waals surface area contributed by atoms with Crippen molar-refractivity contribution in [3.05, 3.63) is 54.0 Å². The molecular formula is C13H12N2O. The highest BCUT2D eigenvalue weighted by Gasteiger charge is 2.05. The van der Waals surface area contributed by atoms with Crippen LogP contribution in [0, 0.1) is 11.3 Å². The SMILES string of the molecule is CN(Cc1ccc(C#N)o1)c1ccccc1. The fourth-order valence-electron chi connectivity index (χ4n) is 1.53. The van der Waals surface area contributed by atoms with Crippen molar-refractivity contribution in [1.29, 1.82) is 5.26 Å². The zero-order valence-corrected chi connectivity index (χ0v) is 9.05. The zero-order valence-electron chi connectivity index (χ0n) is 9.05. The summed E-state index contributed by atoms with van der Waals surface area (Å²) in [4.78, 5) is 2.07. The highest BCUT2D eigenvalue weighted by atomic mass is 16.3. The van der Waals surface area contributed by atoms with Crippen LogP contribution in [0.15, 0.2) is 46.9 Å². The summed E-state index contributed by atoms with van der Waals surface area (Å²) in [6, 6.07) is 15.5. The van der Waals surface area contributed by atoms with Gasteiger partial charge in [-0.3, -0.25) is 0 Å². The van der Waals surface area contributed by atoms with Crippen LogP contribution < -0.4 is 4.90 Å². The van der Waals surface area contributed by atoms with Crippen molar-refractivity contribution in [2.45, 2.75) is 6.54 Å². The molecule has 1 heterocycles. The van der Waals surface area contributed by atoms with E-state index in [4.69, 9.17) is 9.68 Å². The van der Waals surface area contributed by atoms with Crippen LogP contribution in [0.5, 0.6) is 0 Å². The van der Waals surface area contributed by atoms with Crippen LogP contribution in [0.1, 0.15) is 11.5 Å². The Kier molecular flexibility index (Phi) is 2.93. The van der Waals surface area contributed by atoms with Gasteiger partial charge in [-0.1, -0.05) is 18.2 Å². The third-order valence-electron chi connectivity index (χ3n) is 2.36. The van der Waals surface area contributed by atoms with E-state index in [1.165, 1.54) is 0 Å². The highest BCUT2D eigenvalue weighted by Crippen LogP contribution is 2.15. The van der Waals surface area contributed by atoms with Crippen molar-refractivity contribution in [3.8, 4) is 6.07 Å². The number of rotatable bonds is 3. The van der Waals surface area contributed by atoms with Gasteiger partial charge in [-0.2, -0.15) is 5.26 Å². The summed E-state index contributed by atoms with van der Waals surface area (Å²) in [7, 11) is 1.99. The summed E-state index contributed by atoms with van der Waals surface area (Å²) in [5.74, 6) is 1.15. The molecular weight excluding hydrogens is 200 g/mol. The Bertz CT molecular complexity index is 496. The molecule has 16 heavy (non-hydrogen) atoms. The number of benzene rings is 1. The lowest BCUT2D eigenvalue weighted by atomic mass is 10.3. The first-order valence-electron chi connectivity index (χ1n) is 5.04. The molecule has 3 heteroatoms. The molecule has 0 aliphatic rings. The second-order valence-corrected chi connectivity index (χ2v) is 3.57. The maximum Gasteiger partial charge on any atom is 0.203 e. The van der Waals surface area contributed by atoms with Gasteiger partial charge in [0.25, 0.3) is 0 Å². The van der Waals surface area contributed by atoms with Crippen LogP contribution in [0.2, 0.25) is 0 Å². The van der Waals surface area contributed by atoms with Crippen molar-refractivity contribution in [1.82, 2.24) is 0 Å². The van der Waals surface area contributed by atoms with Crippen LogP contribution in [0.4, 0.5) is 5.69 Å². The molecule has 0 aliphatic carbocycles. The Morgan fingerprint density at radius 3 is 2.56 bits per heavy atom. The number of nitrogens with zero attached hydrogens (tertiary/aromatic N) is 2. The smallest absolute Gasteiger partial charge is 0.203 e. The maximum atomic E-state index is 8.64. The Morgan fingerprint density at radius 1 is 1.19 bits per heavy atom. The molecule has 1 aromatic carbocycles. The summed E-state index contributed by atoms with van der Waals surface area (Å²) in [6.45, 7) is 0.658. The van der Waals surface area contributed by atoms with Gasteiger partial charge >= 0.3 is 0 Å². The molecule has 0 saturated carbocycles. The van der Waals surface area contributed by atoms with Crippen LogP contribution in [0.25, 0.3) is 0 Å². The topological polar surface area (TPSA) is 40.2 Å². The van der Waals surface area contributed by atoms with Crippen molar-refractivity contribution < 1.29 is 4.42 Å². The molecule has 0 amide bonds. The molecule has 0 spiro atoms. The Balaban J connectivity index is 2.08. The van der Waals surface area contributed by atoms with Gasteiger partial charge in [-0.05, 0) is 24.3 Å². The molecule has 0 bridgehead atoms. The summed E-state index contributed by atoms with van der Waals surface area (Å²) >= 11 is 0. The van der Waals surface area contributed by atoms with E-state index < -0.39 is 0 Å². The molecule has 2 aromatic rings. The lowest BCUT2D eigenvalue weighted by Gasteiger charge is -2.17. The first kappa shape index (κ1) is 10.3. The predicted octanol–water partition coefficient (Wildman–Crippen LogP) is 2.79. The number of furan rings is 1. The monoisotopic (exact) mass is 212 g/mol. The van der Waals surface area contributed by atoms with Gasteiger partial charge in [0, 0.05) is 12.7 Å². The van der Waals surface area contributed by atoms with E-state index in [0.717, 1.165) is 11.4 Å². The molecule has 0 fully saturated rings. The van der Waals surface area contributed by atoms with Crippen LogP contribution >= 0.6 is 0 Å². The van der Waals surface area contributed by atoms with Crippen molar-refractivity contribution in [3.63, 3.8) is 0 Å². The Labute approximate surface area is 94.5 Å². The fourth-order valence-corrected chi connectivity index (χ4v) is 1.53. The fraction of sp³-hybridized carbons (Fsp3) is 0.154. The molecule has 3 nitrogen and oxygen atoms in total. The van der Waals surface area contributed by atoms with E-state index in [2.05, 4.69) is 4.90 Å². The summed E-state index contributed by atoms with van der Waals surface area (Å²) < 4.78 is 5.32. The lowest BCUT2D eigenvalue weighted by molar-refractivity contribution is 0.496. The van der Waals surface area contributed by atoms with Gasteiger partial charge in [0.2, 0.25) is 5.76 Å². The van der Waals surface area contributed by atoms with Gasteiger partial charge < -0.3 is 9.32 Å². The van der Waals surface area contributed by atoms with Gasteiger partial charge in [0.1, 0.15) is 11.8 Å². The van der Waals surface area contributed by atoms with Crippen molar-refractivity contribution >= 4 is 5.69 Å². The average molecular weight is 212 g/mol. The lowest BCUT2D eigenvalue weighted by Crippen LogP contribution is -2.15.